The van der Waals surface area contributed by atoms with E-state index in [0.29, 0.717) is 0 Å². The van der Waals surface area contributed by atoms with E-state index in [1.165, 1.54) is 50.6 Å². The SMILES string of the molecule is COc1cc(C=CC(=O)O)cc(S(=O)(=O)Nc2cccc(C(=O)O)c2)c1OC. The van der Waals surface area contributed by atoms with Crippen molar-refractivity contribution < 1.29 is 37.7 Å². The molecule has 0 amide bonds. The number of anilines is 1. The largest absolute Gasteiger partial charge is 0.493 e. The van der Waals surface area contributed by atoms with Gasteiger partial charge in [0.2, 0.25) is 0 Å². The predicted octanol–water partition coefficient (Wildman–Crippen LogP) is 2.30. The summed E-state index contributed by atoms with van der Waals surface area (Å²) < 4.78 is 38.4. The summed E-state index contributed by atoms with van der Waals surface area (Å²) in [4.78, 5) is 21.5. The minimum Gasteiger partial charge on any atom is -0.493 e. The second-order valence-electron chi connectivity index (χ2n) is 5.42. The summed E-state index contributed by atoms with van der Waals surface area (Å²) in [6.45, 7) is 0. The molecular formula is C18H17NO8S. The number of rotatable bonds is 8. The topological polar surface area (TPSA) is 139 Å². The van der Waals surface area contributed by atoms with Gasteiger partial charge in [-0.3, -0.25) is 4.72 Å². The van der Waals surface area contributed by atoms with E-state index >= 15 is 0 Å². The van der Waals surface area contributed by atoms with Crippen molar-refractivity contribution in [2.24, 2.45) is 0 Å². The monoisotopic (exact) mass is 407 g/mol. The molecule has 0 spiro atoms. The number of aromatic carboxylic acids is 1. The number of benzene rings is 2. The summed E-state index contributed by atoms with van der Waals surface area (Å²) in [7, 11) is -1.65. The first-order valence-corrected chi connectivity index (χ1v) is 9.19. The predicted molar refractivity (Wildman–Crippen MR) is 100 cm³/mol. The van der Waals surface area contributed by atoms with Gasteiger partial charge in [0.1, 0.15) is 4.90 Å². The zero-order valence-electron chi connectivity index (χ0n) is 14.9. The Morgan fingerprint density at radius 1 is 1.07 bits per heavy atom. The van der Waals surface area contributed by atoms with Crippen LogP contribution in [0.1, 0.15) is 15.9 Å². The highest BCUT2D eigenvalue weighted by atomic mass is 32.2. The van der Waals surface area contributed by atoms with E-state index in [9.17, 15) is 18.0 Å². The second-order valence-corrected chi connectivity index (χ2v) is 7.07. The molecule has 10 heteroatoms. The summed E-state index contributed by atoms with van der Waals surface area (Å²) in [5.74, 6) is -2.42. The Balaban J connectivity index is 2.56. The number of hydrogen-bond acceptors (Lipinski definition) is 6. The summed E-state index contributed by atoms with van der Waals surface area (Å²) >= 11 is 0. The average molecular weight is 407 g/mol. The van der Waals surface area contributed by atoms with Crippen molar-refractivity contribution in [2.45, 2.75) is 4.90 Å². The summed E-state index contributed by atoms with van der Waals surface area (Å²) in [6.07, 6.45) is 2.05. The Bertz CT molecular complexity index is 1040. The van der Waals surface area contributed by atoms with Gasteiger partial charge in [-0.05, 0) is 42.0 Å². The molecule has 0 aliphatic carbocycles. The molecule has 0 aromatic heterocycles. The molecule has 0 saturated heterocycles. The first kappa shape index (κ1) is 20.8. The van der Waals surface area contributed by atoms with Crippen LogP contribution >= 0.6 is 0 Å². The molecule has 0 aliphatic heterocycles. The standard InChI is InChI=1S/C18H17NO8S/c1-26-14-8-11(6-7-16(20)21)9-15(17(14)27-2)28(24,25)19-13-5-3-4-12(10-13)18(22)23/h3-10,19H,1-2H3,(H,20,21)(H,22,23). The van der Waals surface area contributed by atoms with E-state index < -0.39 is 22.0 Å². The Hall–Kier alpha value is -3.53. The van der Waals surface area contributed by atoms with Gasteiger partial charge in [0, 0.05) is 11.8 Å². The van der Waals surface area contributed by atoms with E-state index in [1.54, 1.807) is 0 Å². The van der Waals surface area contributed by atoms with Gasteiger partial charge in [-0.2, -0.15) is 0 Å². The first-order valence-electron chi connectivity index (χ1n) is 7.71. The van der Waals surface area contributed by atoms with Gasteiger partial charge in [0.15, 0.2) is 11.5 Å². The van der Waals surface area contributed by atoms with Crippen LogP contribution in [0.2, 0.25) is 0 Å². The van der Waals surface area contributed by atoms with E-state index in [2.05, 4.69) is 4.72 Å². The smallest absolute Gasteiger partial charge is 0.335 e. The molecule has 0 fully saturated rings. The Morgan fingerprint density at radius 2 is 1.79 bits per heavy atom. The van der Waals surface area contributed by atoms with Crippen molar-refractivity contribution >= 4 is 33.7 Å². The molecule has 9 nitrogen and oxygen atoms in total. The molecule has 0 bridgehead atoms. The van der Waals surface area contributed by atoms with E-state index in [4.69, 9.17) is 19.7 Å². The third kappa shape index (κ3) is 4.80. The third-order valence-corrected chi connectivity index (χ3v) is 4.92. The molecule has 3 N–H and O–H groups in total. The number of hydrogen-bond donors (Lipinski definition) is 3. The molecule has 0 saturated carbocycles. The number of carboxylic acids is 2. The van der Waals surface area contributed by atoms with Crippen LogP contribution in [0.4, 0.5) is 5.69 Å². The van der Waals surface area contributed by atoms with Crippen LogP contribution in [-0.4, -0.2) is 44.8 Å². The summed E-state index contributed by atoms with van der Waals surface area (Å²) in [5, 5.41) is 17.8. The maximum atomic E-state index is 12.9. The Labute approximate surface area is 160 Å². The molecule has 2 rings (SSSR count). The minimum atomic E-state index is -4.22. The Kier molecular flexibility index (Phi) is 6.26. The zero-order valence-corrected chi connectivity index (χ0v) is 15.7. The molecule has 2 aromatic rings. The fraction of sp³-hybridized carbons (Fsp3) is 0.111. The van der Waals surface area contributed by atoms with Crippen LogP contribution in [0, 0.1) is 0 Å². The van der Waals surface area contributed by atoms with Crippen molar-refractivity contribution in [3.05, 3.63) is 53.6 Å². The quantitative estimate of drug-likeness (QED) is 0.567. The average Bonchev–Trinajstić information content (AvgIpc) is 2.65. The van der Waals surface area contributed by atoms with Gasteiger partial charge >= 0.3 is 11.9 Å². The summed E-state index contributed by atoms with van der Waals surface area (Å²) in [6, 6.07) is 7.90. The molecule has 0 unspecified atom stereocenters. The molecule has 2 aromatic carbocycles. The van der Waals surface area contributed by atoms with Crippen molar-refractivity contribution in [1.82, 2.24) is 0 Å². The fourth-order valence-electron chi connectivity index (χ4n) is 2.34. The van der Waals surface area contributed by atoms with Crippen LogP contribution < -0.4 is 14.2 Å². The van der Waals surface area contributed by atoms with Crippen molar-refractivity contribution in [3.63, 3.8) is 0 Å². The number of carbonyl (C=O) groups is 2. The lowest BCUT2D eigenvalue weighted by molar-refractivity contribution is -0.131. The van der Waals surface area contributed by atoms with E-state index in [0.717, 1.165) is 12.1 Å². The lowest BCUT2D eigenvalue weighted by Gasteiger charge is -2.15. The lowest BCUT2D eigenvalue weighted by atomic mass is 10.2. The van der Waals surface area contributed by atoms with Crippen molar-refractivity contribution in [3.8, 4) is 11.5 Å². The highest BCUT2D eigenvalue weighted by molar-refractivity contribution is 7.92. The van der Waals surface area contributed by atoms with Crippen molar-refractivity contribution in [2.75, 3.05) is 18.9 Å². The molecular weight excluding hydrogens is 390 g/mol. The van der Waals surface area contributed by atoms with Crippen LogP contribution in [-0.2, 0) is 14.8 Å². The highest BCUT2D eigenvalue weighted by Crippen LogP contribution is 2.37. The van der Waals surface area contributed by atoms with Crippen molar-refractivity contribution in [1.29, 1.82) is 0 Å². The maximum absolute atomic E-state index is 12.9. The van der Waals surface area contributed by atoms with Gasteiger partial charge in [0.05, 0.1) is 19.8 Å². The molecule has 0 atom stereocenters. The molecule has 0 heterocycles. The first-order chi connectivity index (χ1) is 13.2. The van der Waals surface area contributed by atoms with E-state index in [-0.39, 0.29) is 33.2 Å². The molecule has 28 heavy (non-hydrogen) atoms. The number of aliphatic carboxylic acids is 1. The van der Waals surface area contributed by atoms with Gasteiger partial charge in [0.25, 0.3) is 10.0 Å². The molecule has 0 radical (unpaired) electrons. The Morgan fingerprint density at radius 3 is 2.36 bits per heavy atom. The number of ether oxygens (including phenoxy) is 2. The zero-order chi connectivity index (χ0) is 20.9. The van der Waals surface area contributed by atoms with Gasteiger partial charge in [-0.15, -0.1) is 0 Å². The van der Waals surface area contributed by atoms with Crippen LogP contribution in [0.25, 0.3) is 6.08 Å². The van der Waals surface area contributed by atoms with Gasteiger partial charge in [-0.1, -0.05) is 6.07 Å². The minimum absolute atomic E-state index is 0.0346. The third-order valence-electron chi connectivity index (χ3n) is 3.54. The number of nitrogens with one attached hydrogen (secondary N) is 1. The lowest BCUT2D eigenvalue weighted by Crippen LogP contribution is -2.15. The van der Waals surface area contributed by atoms with Gasteiger partial charge < -0.3 is 19.7 Å². The molecule has 148 valence electrons. The highest BCUT2D eigenvalue weighted by Gasteiger charge is 2.24. The molecule has 0 aliphatic rings. The number of methoxy groups -OCH3 is 2. The normalized spacial score (nSPS) is 11.2. The van der Waals surface area contributed by atoms with Crippen LogP contribution in [0.15, 0.2) is 47.4 Å². The van der Waals surface area contributed by atoms with Crippen LogP contribution in [0.3, 0.4) is 0 Å². The summed E-state index contributed by atoms with van der Waals surface area (Å²) in [5.41, 5.74) is 0.190. The number of sulfonamides is 1. The number of carboxylic acid groups (broad SMARTS) is 2. The van der Waals surface area contributed by atoms with Crippen LogP contribution in [0.5, 0.6) is 11.5 Å². The second kappa shape index (κ2) is 8.44. The maximum Gasteiger partial charge on any atom is 0.335 e. The van der Waals surface area contributed by atoms with E-state index in [1.807, 2.05) is 0 Å². The fourth-order valence-corrected chi connectivity index (χ4v) is 3.61. The van der Waals surface area contributed by atoms with Gasteiger partial charge in [-0.25, -0.2) is 18.0 Å².